The fourth-order valence-electron chi connectivity index (χ4n) is 4.41. The first kappa shape index (κ1) is 17.1. The molecule has 2 aromatic carbocycles. The number of piperidine rings is 1. The van der Waals surface area contributed by atoms with Gasteiger partial charge >= 0.3 is 6.09 Å². The number of hydrogen-bond donors (Lipinski definition) is 1. The van der Waals surface area contributed by atoms with Crippen LogP contribution in [0.5, 0.6) is 0 Å². The van der Waals surface area contributed by atoms with E-state index in [1.54, 1.807) is 0 Å². The van der Waals surface area contributed by atoms with Crippen LogP contribution in [0.3, 0.4) is 0 Å². The van der Waals surface area contributed by atoms with Crippen molar-refractivity contribution < 1.29 is 9.53 Å². The predicted molar refractivity (Wildman–Crippen MR) is 103 cm³/mol. The molecule has 1 saturated heterocycles. The van der Waals surface area contributed by atoms with Crippen LogP contribution in [0.4, 0.5) is 4.79 Å². The van der Waals surface area contributed by atoms with Crippen molar-refractivity contribution in [3.05, 3.63) is 59.7 Å². The maximum Gasteiger partial charge on any atom is 0.410 e. The quantitative estimate of drug-likeness (QED) is 0.905. The summed E-state index contributed by atoms with van der Waals surface area (Å²) in [5.74, 6) is 0.102. The third-order valence-corrected chi connectivity index (χ3v) is 5.73. The third-order valence-electron chi connectivity index (χ3n) is 5.73. The minimum Gasteiger partial charge on any atom is -0.448 e. The van der Waals surface area contributed by atoms with Crippen LogP contribution in [-0.4, -0.2) is 36.2 Å². The van der Waals surface area contributed by atoms with Gasteiger partial charge in [-0.3, -0.25) is 0 Å². The van der Waals surface area contributed by atoms with Crippen molar-refractivity contribution in [3.8, 4) is 11.1 Å². The number of carbonyl (C=O) groups excluding carboxylic acids is 1. The van der Waals surface area contributed by atoms with Gasteiger partial charge in [0.2, 0.25) is 0 Å². The van der Waals surface area contributed by atoms with Gasteiger partial charge in [-0.1, -0.05) is 48.5 Å². The molecule has 0 spiro atoms. The van der Waals surface area contributed by atoms with Crippen molar-refractivity contribution in [3.63, 3.8) is 0 Å². The Bertz CT molecular complexity index is 757. The van der Waals surface area contributed by atoms with E-state index in [2.05, 4.69) is 48.5 Å². The van der Waals surface area contributed by atoms with Gasteiger partial charge in [0.25, 0.3) is 0 Å². The first-order valence-corrected chi connectivity index (χ1v) is 9.54. The van der Waals surface area contributed by atoms with E-state index in [4.69, 9.17) is 10.5 Å². The molecule has 1 unspecified atom stereocenters. The Balaban J connectivity index is 1.52. The lowest BCUT2D eigenvalue weighted by molar-refractivity contribution is 0.0660. The average molecular weight is 350 g/mol. The zero-order chi connectivity index (χ0) is 18.1. The smallest absolute Gasteiger partial charge is 0.410 e. The summed E-state index contributed by atoms with van der Waals surface area (Å²) in [7, 11) is 0. The highest BCUT2D eigenvalue weighted by atomic mass is 16.6. The Labute approximate surface area is 155 Å². The van der Waals surface area contributed by atoms with Crippen LogP contribution in [0, 0.1) is 0 Å². The number of nitrogens with zero attached hydrogens (tertiary/aromatic N) is 1. The monoisotopic (exact) mass is 350 g/mol. The molecule has 1 aliphatic heterocycles. The predicted octanol–water partition coefficient (Wildman–Crippen LogP) is 4.14. The molecule has 2 aliphatic rings. The fourth-order valence-corrected chi connectivity index (χ4v) is 4.41. The molecule has 1 heterocycles. The Morgan fingerprint density at radius 3 is 2.35 bits per heavy atom. The number of carbonyl (C=O) groups is 1. The number of nitrogens with two attached hydrogens (primary N) is 1. The average Bonchev–Trinajstić information content (AvgIpc) is 3.00. The summed E-state index contributed by atoms with van der Waals surface area (Å²) in [6, 6.07) is 16.8. The molecule has 1 aliphatic carbocycles. The molecule has 0 bridgehead atoms. The van der Waals surface area contributed by atoms with Crippen LogP contribution < -0.4 is 5.73 Å². The van der Waals surface area contributed by atoms with Crippen LogP contribution in [0.25, 0.3) is 11.1 Å². The molecule has 0 aromatic heterocycles. The number of fused-ring (bicyclic) bond motifs is 3. The normalized spacial score (nSPS) is 20.4. The Kier molecular flexibility index (Phi) is 4.68. The van der Waals surface area contributed by atoms with Crippen molar-refractivity contribution >= 4 is 6.09 Å². The van der Waals surface area contributed by atoms with Gasteiger partial charge in [0, 0.05) is 24.5 Å². The van der Waals surface area contributed by atoms with Gasteiger partial charge in [0.15, 0.2) is 0 Å². The second-order valence-electron chi connectivity index (χ2n) is 7.42. The van der Waals surface area contributed by atoms with E-state index < -0.39 is 0 Å². The highest BCUT2D eigenvalue weighted by Gasteiger charge is 2.33. The molecule has 136 valence electrons. The molecule has 0 saturated carbocycles. The van der Waals surface area contributed by atoms with Crippen molar-refractivity contribution in [2.45, 2.75) is 44.2 Å². The van der Waals surface area contributed by atoms with Crippen LogP contribution in [0.1, 0.15) is 43.2 Å². The molecule has 2 atom stereocenters. The summed E-state index contributed by atoms with van der Waals surface area (Å²) in [6.45, 7) is 3.08. The molecule has 0 radical (unpaired) electrons. The second-order valence-corrected chi connectivity index (χ2v) is 7.42. The molecule has 4 nitrogen and oxygen atoms in total. The third kappa shape index (κ3) is 2.99. The van der Waals surface area contributed by atoms with Gasteiger partial charge in [-0.2, -0.15) is 0 Å². The van der Waals surface area contributed by atoms with Gasteiger partial charge < -0.3 is 15.4 Å². The molecule has 2 N–H and O–H groups in total. The standard InChI is InChI=1S/C22H26N2O2/c1-15(23)21-12-6-7-13-24(21)22(25)26-14-20-18-10-4-2-8-16(18)17-9-3-5-11-19(17)20/h2-5,8-11,15,20-21H,6-7,12-14,23H2,1H3/t15-,21?/m0/s1. The Hall–Kier alpha value is -2.33. The highest BCUT2D eigenvalue weighted by Crippen LogP contribution is 2.44. The van der Waals surface area contributed by atoms with E-state index >= 15 is 0 Å². The van der Waals surface area contributed by atoms with Gasteiger partial charge in [-0.25, -0.2) is 4.79 Å². The summed E-state index contributed by atoms with van der Waals surface area (Å²) in [6.07, 6.45) is 2.88. The summed E-state index contributed by atoms with van der Waals surface area (Å²) >= 11 is 0. The number of likely N-dealkylation sites (tertiary alicyclic amines) is 1. The first-order chi connectivity index (χ1) is 12.7. The summed E-state index contributed by atoms with van der Waals surface area (Å²) in [5, 5.41) is 0. The lowest BCUT2D eigenvalue weighted by Gasteiger charge is -2.37. The van der Waals surface area contributed by atoms with Crippen LogP contribution in [0.15, 0.2) is 48.5 Å². The number of amides is 1. The summed E-state index contributed by atoms with van der Waals surface area (Å²) < 4.78 is 5.79. The Morgan fingerprint density at radius 1 is 1.12 bits per heavy atom. The lowest BCUT2D eigenvalue weighted by atomic mass is 9.97. The molecule has 2 aromatic rings. The minimum absolute atomic E-state index is 0.0317. The van der Waals surface area contributed by atoms with E-state index in [0.29, 0.717) is 6.61 Å². The summed E-state index contributed by atoms with van der Waals surface area (Å²) in [5.41, 5.74) is 11.1. The SMILES string of the molecule is C[C@H](N)C1CCCCN1C(=O)OCC1c2ccccc2-c2ccccc21. The largest absolute Gasteiger partial charge is 0.448 e. The number of benzene rings is 2. The van der Waals surface area contributed by atoms with Crippen LogP contribution in [-0.2, 0) is 4.74 Å². The molecule has 4 rings (SSSR count). The maximum absolute atomic E-state index is 12.7. The number of hydrogen-bond acceptors (Lipinski definition) is 3. The van der Waals surface area contributed by atoms with Crippen LogP contribution in [0.2, 0.25) is 0 Å². The van der Waals surface area contributed by atoms with E-state index in [0.717, 1.165) is 25.8 Å². The van der Waals surface area contributed by atoms with E-state index in [1.165, 1.54) is 22.3 Å². The van der Waals surface area contributed by atoms with Gasteiger partial charge in [-0.05, 0) is 48.4 Å². The molecular weight excluding hydrogens is 324 g/mol. The topological polar surface area (TPSA) is 55.6 Å². The molecule has 4 heteroatoms. The van der Waals surface area contributed by atoms with Gasteiger partial charge in [-0.15, -0.1) is 0 Å². The van der Waals surface area contributed by atoms with Gasteiger partial charge in [0.05, 0.1) is 0 Å². The maximum atomic E-state index is 12.7. The van der Waals surface area contributed by atoms with E-state index in [-0.39, 0.29) is 24.1 Å². The minimum atomic E-state index is -0.228. The van der Waals surface area contributed by atoms with Crippen molar-refractivity contribution in [1.82, 2.24) is 4.90 Å². The van der Waals surface area contributed by atoms with Crippen molar-refractivity contribution in [2.24, 2.45) is 5.73 Å². The Morgan fingerprint density at radius 2 is 1.73 bits per heavy atom. The zero-order valence-corrected chi connectivity index (χ0v) is 15.2. The first-order valence-electron chi connectivity index (χ1n) is 9.54. The van der Waals surface area contributed by atoms with E-state index in [9.17, 15) is 4.79 Å². The second kappa shape index (κ2) is 7.12. The van der Waals surface area contributed by atoms with Crippen molar-refractivity contribution in [2.75, 3.05) is 13.2 Å². The zero-order valence-electron chi connectivity index (χ0n) is 15.2. The highest BCUT2D eigenvalue weighted by molar-refractivity contribution is 5.79. The summed E-state index contributed by atoms with van der Waals surface area (Å²) in [4.78, 5) is 14.6. The molecular formula is C22H26N2O2. The van der Waals surface area contributed by atoms with E-state index in [1.807, 2.05) is 11.8 Å². The molecule has 1 fully saturated rings. The van der Waals surface area contributed by atoms with Crippen LogP contribution >= 0.6 is 0 Å². The fraction of sp³-hybridized carbons (Fsp3) is 0.409. The van der Waals surface area contributed by atoms with Gasteiger partial charge in [0.1, 0.15) is 6.61 Å². The number of rotatable bonds is 3. The molecule has 1 amide bonds. The lowest BCUT2D eigenvalue weighted by Crippen LogP contribution is -2.52. The molecule has 26 heavy (non-hydrogen) atoms. The number of ether oxygens (including phenoxy) is 1. The van der Waals surface area contributed by atoms with Crippen molar-refractivity contribution in [1.29, 1.82) is 0 Å².